The number of methoxy groups -OCH3 is 1. The van der Waals surface area contributed by atoms with E-state index in [2.05, 4.69) is 0 Å². The molecule has 5 N–H and O–H groups in total. The van der Waals surface area contributed by atoms with E-state index in [1.54, 1.807) is 5.32 Å². The minimum atomic E-state index is -4.04. The number of carbonyl (C=O) groups is 2. The minimum Gasteiger partial charge on any atom is -0.495 e. The number of imide groups is 1. The molecule has 0 aliphatic heterocycles. The molecule has 9 heteroatoms. The number of primary amides is 1. The van der Waals surface area contributed by atoms with Crippen LogP contribution in [-0.2, 0) is 14.6 Å². The average Bonchev–Trinajstić information content (AvgIpc) is 2.36. The topological polar surface area (TPSA) is 142 Å². The van der Waals surface area contributed by atoms with Crippen LogP contribution in [-0.4, -0.2) is 32.7 Å². The van der Waals surface area contributed by atoms with E-state index in [-0.39, 0.29) is 10.6 Å². The molecule has 1 atom stereocenters. The number of anilines is 1. The molecule has 3 amide bonds. The smallest absolute Gasteiger partial charge is 0.318 e. The molecule has 0 fully saturated rings. The first-order chi connectivity index (χ1) is 9.20. The summed E-state index contributed by atoms with van der Waals surface area (Å²) in [6.07, 6.45) is 0. The predicted molar refractivity (Wildman–Crippen MR) is 71.8 cm³/mol. The highest BCUT2D eigenvalue weighted by atomic mass is 32.2. The van der Waals surface area contributed by atoms with Crippen LogP contribution in [0.3, 0.4) is 0 Å². The summed E-state index contributed by atoms with van der Waals surface area (Å²) in [5.74, 6) is -1.000. The monoisotopic (exact) mass is 301 g/mol. The highest BCUT2D eigenvalue weighted by Gasteiger charge is 2.32. The molecule has 20 heavy (non-hydrogen) atoms. The number of nitrogen functional groups attached to an aromatic ring is 1. The molecular weight excluding hydrogens is 286 g/mol. The van der Waals surface area contributed by atoms with E-state index in [4.69, 9.17) is 16.2 Å². The number of benzene rings is 1. The van der Waals surface area contributed by atoms with E-state index in [0.717, 1.165) is 6.92 Å². The van der Waals surface area contributed by atoms with Crippen molar-refractivity contribution >= 4 is 27.5 Å². The van der Waals surface area contributed by atoms with Gasteiger partial charge in [-0.3, -0.25) is 10.1 Å². The summed E-state index contributed by atoms with van der Waals surface area (Å²) in [7, 11) is -2.76. The summed E-state index contributed by atoms with van der Waals surface area (Å²) in [4.78, 5) is 22.0. The molecule has 110 valence electrons. The van der Waals surface area contributed by atoms with Gasteiger partial charge >= 0.3 is 6.03 Å². The van der Waals surface area contributed by atoms with Gasteiger partial charge in [-0.05, 0) is 19.1 Å². The quantitative estimate of drug-likeness (QED) is 0.648. The van der Waals surface area contributed by atoms with Crippen molar-refractivity contribution < 1.29 is 22.7 Å². The number of nitrogens with two attached hydrogens (primary N) is 2. The van der Waals surface area contributed by atoms with Gasteiger partial charge in [-0.25, -0.2) is 13.2 Å². The average molecular weight is 301 g/mol. The number of carbonyl (C=O) groups excluding carboxylic acids is 2. The summed E-state index contributed by atoms with van der Waals surface area (Å²) in [5, 5.41) is 0.216. The predicted octanol–water partition coefficient (Wildman–Crippen LogP) is -0.365. The number of ether oxygens (including phenoxy) is 1. The van der Waals surface area contributed by atoms with E-state index >= 15 is 0 Å². The van der Waals surface area contributed by atoms with E-state index in [9.17, 15) is 18.0 Å². The second kappa shape index (κ2) is 5.78. The number of urea groups is 1. The summed E-state index contributed by atoms with van der Waals surface area (Å²) in [5.41, 5.74) is 10.6. The molecule has 0 aliphatic rings. The molecule has 1 aromatic carbocycles. The van der Waals surface area contributed by atoms with Crippen molar-refractivity contribution in [2.24, 2.45) is 5.73 Å². The molecular formula is C11H15N3O5S. The number of hydrogen-bond acceptors (Lipinski definition) is 6. The third-order valence-electron chi connectivity index (χ3n) is 2.58. The minimum absolute atomic E-state index is 0.0173. The molecule has 0 aromatic heterocycles. The van der Waals surface area contributed by atoms with Gasteiger partial charge in [0.25, 0.3) is 0 Å². The maximum Gasteiger partial charge on any atom is 0.318 e. The van der Waals surface area contributed by atoms with Crippen molar-refractivity contribution in [1.29, 1.82) is 0 Å². The Morgan fingerprint density at radius 1 is 1.35 bits per heavy atom. The van der Waals surface area contributed by atoms with Crippen LogP contribution in [0.1, 0.15) is 6.92 Å². The van der Waals surface area contributed by atoms with Crippen molar-refractivity contribution in [1.82, 2.24) is 5.32 Å². The molecule has 0 spiro atoms. The lowest BCUT2D eigenvalue weighted by atomic mass is 10.3. The van der Waals surface area contributed by atoms with E-state index in [1.807, 2.05) is 0 Å². The molecule has 0 bridgehead atoms. The fraction of sp³-hybridized carbons (Fsp3) is 0.273. The van der Waals surface area contributed by atoms with Gasteiger partial charge in [-0.15, -0.1) is 0 Å². The zero-order valence-corrected chi connectivity index (χ0v) is 11.7. The first-order valence-corrected chi connectivity index (χ1v) is 7.02. The highest BCUT2D eigenvalue weighted by molar-refractivity contribution is 7.92. The molecule has 1 unspecified atom stereocenters. The summed E-state index contributed by atoms with van der Waals surface area (Å²) < 4.78 is 29.6. The van der Waals surface area contributed by atoms with Crippen molar-refractivity contribution in [3.05, 3.63) is 18.2 Å². The van der Waals surface area contributed by atoms with Crippen LogP contribution in [0.25, 0.3) is 0 Å². The summed E-state index contributed by atoms with van der Waals surface area (Å²) >= 11 is 0. The Bertz CT molecular complexity index is 641. The van der Waals surface area contributed by atoms with E-state index in [1.165, 1.54) is 25.3 Å². The van der Waals surface area contributed by atoms with Crippen LogP contribution in [0.5, 0.6) is 5.75 Å². The molecule has 1 rings (SSSR count). The van der Waals surface area contributed by atoms with Crippen LogP contribution in [0.15, 0.2) is 23.1 Å². The van der Waals surface area contributed by atoms with Crippen LogP contribution in [0.2, 0.25) is 0 Å². The Kier molecular flexibility index (Phi) is 4.56. The summed E-state index contributed by atoms with van der Waals surface area (Å²) in [6.45, 7) is 1.14. The molecule has 0 saturated heterocycles. The van der Waals surface area contributed by atoms with Gasteiger partial charge in [0, 0.05) is 11.8 Å². The maximum absolute atomic E-state index is 12.3. The summed E-state index contributed by atoms with van der Waals surface area (Å²) in [6, 6.07) is 2.80. The van der Waals surface area contributed by atoms with Crippen LogP contribution in [0.4, 0.5) is 10.5 Å². The highest BCUT2D eigenvalue weighted by Crippen LogP contribution is 2.29. The van der Waals surface area contributed by atoms with Gasteiger partial charge in [0.1, 0.15) is 15.9 Å². The van der Waals surface area contributed by atoms with Crippen LogP contribution >= 0.6 is 0 Å². The molecule has 8 nitrogen and oxygen atoms in total. The third-order valence-corrected chi connectivity index (χ3v) is 4.67. The number of hydrogen-bond donors (Lipinski definition) is 3. The van der Waals surface area contributed by atoms with Gasteiger partial charge in [-0.1, -0.05) is 0 Å². The fourth-order valence-electron chi connectivity index (χ4n) is 1.47. The normalized spacial score (nSPS) is 12.5. The number of rotatable bonds is 4. The second-order valence-electron chi connectivity index (χ2n) is 3.95. The first kappa shape index (κ1) is 15.8. The SMILES string of the molecule is COc1cc(N)ccc1S(=O)(=O)C(C)C(=O)NC(N)=O. The van der Waals surface area contributed by atoms with Crippen molar-refractivity contribution in [3.8, 4) is 5.75 Å². The molecule has 0 heterocycles. The zero-order chi connectivity index (χ0) is 15.5. The Hall–Kier alpha value is -2.29. The fourth-order valence-corrected chi connectivity index (χ4v) is 2.88. The zero-order valence-electron chi connectivity index (χ0n) is 10.9. The van der Waals surface area contributed by atoms with Gasteiger partial charge in [-0.2, -0.15) is 0 Å². The standard InChI is InChI=1S/C11H15N3O5S/c1-6(10(15)14-11(13)16)20(17,18)9-4-3-7(12)5-8(9)19-2/h3-6H,12H2,1-2H3,(H3,13,14,15,16). The lowest BCUT2D eigenvalue weighted by Gasteiger charge is -2.14. The van der Waals surface area contributed by atoms with Crippen molar-refractivity contribution in [3.63, 3.8) is 0 Å². The van der Waals surface area contributed by atoms with Crippen LogP contribution < -0.4 is 21.5 Å². The lowest BCUT2D eigenvalue weighted by molar-refractivity contribution is -0.119. The van der Waals surface area contributed by atoms with Crippen molar-refractivity contribution in [2.45, 2.75) is 17.1 Å². The van der Waals surface area contributed by atoms with Gasteiger partial charge < -0.3 is 16.2 Å². The van der Waals surface area contributed by atoms with Crippen LogP contribution in [0, 0.1) is 0 Å². The van der Waals surface area contributed by atoms with Gasteiger partial charge in [0.15, 0.2) is 9.84 Å². The Morgan fingerprint density at radius 2 is 1.95 bits per heavy atom. The molecule has 0 aliphatic carbocycles. The second-order valence-corrected chi connectivity index (χ2v) is 6.19. The third kappa shape index (κ3) is 3.18. The van der Waals surface area contributed by atoms with E-state index in [0.29, 0.717) is 5.69 Å². The number of nitrogens with one attached hydrogen (secondary N) is 1. The molecule has 0 saturated carbocycles. The first-order valence-electron chi connectivity index (χ1n) is 5.48. The Morgan fingerprint density at radius 3 is 2.45 bits per heavy atom. The van der Waals surface area contributed by atoms with Gasteiger partial charge in [0.2, 0.25) is 5.91 Å². The van der Waals surface area contributed by atoms with Gasteiger partial charge in [0.05, 0.1) is 7.11 Å². The lowest BCUT2D eigenvalue weighted by Crippen LogP contribution is -2.43. The number of amides is 3. The molecule has 0 radical (unpaired) electrons. The Balaban J connectivity index is 3.23. The maximum atomic E-state index is 12.3. The largest absolute Gasteiger partial charge is 0.495 e. The Labute approximate surface area is 116 Å². The van der Waals surface area contributed by atoms with Crippen molar-refractivity contribution in [2.75, 3.05) is 12.8 Å². The number of sulfone groups is 1. The molecule has 1 aromatic rings. The van der Waals surface area contributed by atoms with E-state index < -0.39 is 27.0 Å².